The summed E-state index contributed by atoms with van der Waals surface area (Å²) >= 11 is 0. The number of amides is 2. The van der Waals surface area contributed by atoms with Crippen molar-refractivity contribution in [2.45, 2.75) is 38.6 Å². The SMILES string of the molecule is CNC(=O)c1ccc(-c2cccc(C(=O)NC(C)C3=CCCCC3)c2)o1. The molecule has 1 aliphatic carbocycles. The normalized spacial score (nSPS) is 15.1. The first-order chi connectivity index (χ1) is 12.6. The van der Waals surface area contributed by atoms with E-state index in [-0.39, 0.29) is 23.6 Å². The highest BCUT2D eigenvalue weighted by Crippen LogP contribution is 2.24. The molecule has 1 aromatic heterocycles. The maximum absolute atomic E-state index is 12.6. The second-order valence-electron chi connectivity index (χ2n) is 6.54. The fourth-order valence-corrected chi connectivity index (χ4v) is 3.18. The summed E-state index contributed by atoms with van der Waals surface area (Å²) in [7, 11) is 1.55. The Bertz CT molecular complexity index is 835. The predicted octanol–water partition coefficient (Wildman–Crippen LogP) is 3.92. The van der Waals surface area contributed by atoms with Crippen molar-refractivity contribution in [3.63, 3.8) is 0 Å². The van der Waals surface area contributed by atoms with E-state index in [1.54, 1.807) is 31.3 Å². The summed E-state index contributed by atoms with van der Waals surface area (Å²) in [4.78, 5) is 24.2. The maximum atomic E-state index is 12.6. The molecular weight excluding hydrogens is 328 g/mol. The van der Waals surface area contributed by atoms with Crippen molar-refractivity contribution in [2.75, 3.05) is 7.05 Å². The first kappa shape index (κ1) is 18.0. The first-order valence-electron chi connectivity index (χ1n) is 9.00. The third kappa shape index (κ3) is 4.04. The molecule has 2 N–H and O–H groups in total. The average Bonchev–Trinajstić information content (AvgIpc) is 3.18. The lowest BCUT2D eigenvalue weighted by Crippen LogP contribution is -2.34. The number of rotatable bonds is 5. The molecule has 2 aromatic rings. The highest BCUT2D eigenvalue weighted by molar-refractivity contribution is 5.96. The van der Waals surface area contributed by atoms with Crippen LogP contribution >= 0.6 is 0 Å². The minimum atomic E-state index is -0.278. The summed E-state index contributed by atoms with van der Waals surface area (Å²) in [5.74, 6) is 0.417. The van der Waals surface area contributed by atoms with Crippen molar-refractivity contribution < 1.29 is 14.0 Å². The molecule has 0 fully saturated rings. The summed E-state index contributed by atoms with van der Waals surface area (Å²) in [6, 6.07) is 10.6. The molecule has 0 bridgehead atoms. The van der Waals surface area contributed by atoms with Gasteiger partial charge in [-0.15, -0.1) is 0 Å². The lowest BCUT2D eigenvalue weighted by molar-refractivity contribution is 0.0931. The Morgan fingerprint density at radius 1 is 1.12 bits per heavy atom. The summed E-state index contributed by atoms with van der Waals surface area (Å²) in [5.41, 5.74) is 2.64. The number of allylic oxidation sites excluding steroid dienone is 1. The van der Waals surface area contributed by atoms with E-state index >= 15 is 0 Å². The van der Waals surface area contributed by atoms with Gasteiger partial charge in [0.25, 0.3) is 11.8 Å². The number of nitrogens with one attached hydrogen (secondary N) is 2. The molecule has 1 aliphatic rings. The van der Waals surface area contributed by atoms with Crippen LogP contribution in [-0.4, -0.2) is 24.9 Å². The Labute approximate surface area is 153 Å². The average molecular weight is 352 g/mol. The van der Waals surface area contributed by atoms with Gasteiger partial charge in [-0.2, -0.15) is 0 Å². The minimum absolute atomic E-state index is 0.0370. The van der Waals surface area contributed by atoms with Gasteiger partial charge in [-0.3, -0.25) is 9.59 Å². The van der Waals surface area contributed by atoms with Crippen LogP contribution in [0.25, 0.3) is 11.3 Å². The number of hydrogen-bond donors (Lipinski definition) is 2. The minimum Gasteiger partial charge on any atom is -0.451 e. The zero-order valence-corrected chi connectivity index (χ0v) is 15.2. The van der Waals surface area contributed by atoms with Crippen molar-refractivity contribution in [3.8, 4) is 11.3 Å². The maximum Gasteiger partial charge on any atom is 0.286 e. The smallest absolute Gasteiger partial charge is 0.286 e. The molecular formula is C21H24N2O3. The van der Waals surface area contributed by atoms with E-state index in [9.17, 15) is 9.59 Å². The molecule has 5 nitrogen and oxygen atoms in total. The Balaban J connectivity index is 1.74. The van der Waals surface area contributed by atoms with Gasteiger partial charge in [-0.1, -0.05) is 23.8 Å². The standard InChI is InChI=1S/C21H24N2O3/c1-14(15-7-4-3-5-8-15)23-20(24)17-10-6-9-16(13-17)18-11-12-19(26-18)21(25)22-2/h6-7,9-14H,3-5,8H2,1-2H3,(H,22,25)(H,23,24). The third-order valence-electron chi connectivity index (χ3n) is 4.70. The van der Waals surface area contributed by atoms with Gasteiger partial charge in [0, 0.05) is 24.2 Å². The van der Waals surface area contributed by atoms with Crippen molar-refractivity contribution in [1.29, 1.82) is 0 Å². The highest BCUT2D eigenvalue weighted by atomic mass is 16.3. The number of hydrogen-bond acceptors (Lipinski definition) is 3. The molecule has 3 rings (SSSR count). The largest absolute Gasteiger partial charge is 0.451 e. The van der Waals surface area contributed by atoms with E-state index in [0.29, 0.717) is 11.3 Å². The van der Waals surface area contributed by atoms with Crippen LogP contribution in [-0.2, 0) is 0 Å². The highest BCUT2D eigenvalue weighted by Gasteiger charge is 2.16. The zero-order valence-electron chi connectivity index (χ0n) is 15.2. The molecule has 1 aromatic carbocycles. The zero-order chi connectivity index (χ0) is 18.5. The topological polar surface area (TPSA) is 71.3 Å². The lowest BCUT2D eigenvalue weighted by Gasteiger charge is -2.21. The van der Waals surface area contributed by atoms with E-state index in [1.807, 2.05) is 19.1 Å². The van der Waals surface area contributed by atoms with Crippen LogP contribution in [0.15, 0.2) is 52.5 Å². The summed E-state index contributed by atoms with van der Waals surface area (Å²) in [6.07, 6.45) is 6.81. The Morgan fingerprint density at radius 3 is 2.69 bits per heavy atom. The first-order valence-corrected chi connectivity index (χ1v) is 9.00. The molecule has 5 heteroatoms. The summed E-state index contributed by atoms with van der Waals surface area (Å²) < 4.78 is 5.58. The predicted molar refractivity (Wildman–Crippen MR) is 101 cm³/mol. The van der Waals surface area contributed by atoms with Crippen LogP contribution in [0.2, 0.25) is 0 Å². The van der Waals surface area contributed by atoms with E-state index < -0.39 is 0 Å². The fourth-order valence-electron chi connectivity index (χ4n) is 3.18. The number of furan rings is 1. The molecule has 2 amide bonds. The fraction of sp³-hybridized carbons (Fsp3) is 0.333. The monoisotopic (exact) mass is 352 g/mol. The molecule has 0 saturated heterocycles. The van der Waals surface area contributed by atoms with Crippen LogP contribution in [0.5, 0.6) is 0 Å². The van der Waals surface area contributed by atoms with Crippen molar-refractivity contribution >= 4 is 11.8 Å². The second-order valence-corrected chi connectivity index (χ2v) is 6.54. The van der Waals surface area contributed by atoms with Gasteiger partial charge in [0.15, 0.2) is 5.76 Å². The molecule has 1 heterocycles. The van der Waals surface area contributed by atoms with E-state index in [1.165, 1.54) is 18.4 Å². The van der Waals surface area contributed by atoms with E-state index in [2.05, 4.69) is 16.7 Å². The molecule has 0 saturated carbocycles. The van der Waals surface area contributed by atoms with E-state index in [0.717, 1.165) is 18.4 Å². The van der Waals surface area contributed by atoms with Crippen molar-refractivity contribution in [2.24, 2.45) is 0 Å². The van der Waals surface area contributed by atoms with Crippen LogP contribution in [0.3, 0.4) is 0 Å². The van der Waals surface area contributed by atoms with Crippen molar-refractivity contribution in [3.05, 3.63) is 59.4 Å². The van der Waals surface area contributed by atoms with Crippen LogP contribution in [0.4, 0.5) is 0 Å². The molecule has 0 aliphatic heterocycles. The van der Waals surface area contributed by atoms with E-state index in [4.69, 9.17) is 4.42 Å². The van der Waals surface area contributed by atoms with Crippen LogP contribution in [0, 0.1) is 0 Å². The molecule has 1 atom stereocenters. The summed E-state index contributed by atoms with van der Waals surface area (Å²) in [6.45, 7) is 2.03. The summed E-state index contributed by atoms with van der Waals surface area (Å²) in [5, 5.41) is 5.60. The molecule has 26 heavy (non-hydrogen) atoms. The van der Waals surface area contributed by atoms with Gasteiger partial charge >= 0.3 is 0 Å². The molecule has 0 radical (unpaired) electrons. The number of carbonyl (C=O) groups is 2. The third-order valence-corrected chi connectivity index (χ3v) is 4.70. The van der Waals surface area contributed by atoms with Crippen LogP contribution < -0.4 is 10.6 Å². The van der Waals surface area contributed by atoms with Gasteiger partial charge in [0.2, 0.25) is 0 Å². The van der Waals surface area contributed by atoms with Gasteiger partial charge < -0.3 is 15.1 Å². The van der Waals surface area contributed by atoms with Crippen molar-refractivity contribution in [1.82, 2.24) is 10.6 Å². The molecule has 0 spiro atoms. The second kappa shape index (κ2) is 8.04. The Kier molecular flexibility index (Phi) is 5.56. The number of benzene rings is 1. The Morgan fingerprint density at radius 2 is 1.96 bits per heavy atom. The van der Waals surface area contributed by atoms with Gasteiger partial charge in [0.1, 0.15) is 5.76 Å². The van der Waals surface area contributed by atoms with Gasteiger partial charge in [0.05, 0.1) is 0 Å². The molecule has 1 unspecified atom stereocenters. The van der Waals surface area contributed by atoms with Gasteiger partial charge in [-0.25, -0.2) is 0 Å². The quantitative estimate of drug-likeness (QED) is 0.801. The molecule has 136 valence electrons. The lowest BCUT2D eigenvalue weighted by atomic mass is 9.94. The van der Waals surface area contributed by atoms with Gasteiger partial charge in [-0.05, 0) is 56.9 Å². The van der Waals surface area contributed by atoms with Crippen LogP contribution in [0.1, 0.15) is 53.5 Å². The number of carbonyl (C=O) groups excluding carboxylic acids is 2. The Hall–Kier alpha value is -2.82.